The van der Waals surface area contributed by atoms with Gasteiger partial charge in [-0.05, 0) is 80.7 Å². The Labute approximate surface area is 304 Å². The average molecular weight is 679 g/mol. The monoisotopic (exact) mass is 678 g/mol. The summed E-state index contributed by atoms with van der Waals surface area (Å²) in [6, 6.07) is 57.1. The van der Waals surface area contributed by atoms with Crippen molar-refractivity contribution in [3.05, 3.63) is 187 Å². The molecule has 11 rings (SSSR count). The van der Waals surface area contributed by atoms with Crippen LogP contribution in [0.25, 0.3) is 82.2 Å². The van der Waals surface area contributed by atoms with Crippen molar-refractivity contribution in [1.82, 2.24) is 0 Å². The molecule has 0 amide bonds. The zero-order valence-corrected chi connectivity index (χ0v) is 28.6. The molecule has 4 nitrogen and oxygen atoms in total. The van der Waals surface area contributed by atoms with Crippen LogP contribution in [0.1, 0.15) is 23.1 Å². The van der Waals surface area contributed by atoms with Crippen molar-refractivity contribution < 1.29 is 8.83 Å². The number of benzene rings is 8. The zero-order chi connectivity index (χ0) is 34.9. The maximum atomic E-state index is 6.60. The van der Waals surface area contributed by atoms with E-state index in [1.165, 1.54) is 21.5 Å². The van der Waals surface area contributed by atoms with E-state index in [4.69, 9.17) is 18.8 Å². The summed E-state index contributed by atoms with van der Waals surface area (Å²) in [6.45, 7) is 0. The largest absolute Gasteiger partial charge is 0.456 e. The lowest BCUT2D eigenvalue weighted by Crippen LogP contribution is -2.05. The van der Waals surface area contributed by atoms with Crippen molar-refractivity contribution in [2.24, 2.45) is 9.98 Å². The molecule has 10 aromatic rings. The molecule has 0 saturated carbocycles. The van der Waals surface area contributed by atoms with Gasteiger partial charge in [-0.15, -0.1) is 0 Å². The standard InChI is InChI=1S/C49H30N2O2/c1-2-11-30(12-3-1)42-25-26-43(41-27-33-13-4-5-14-34(33)35-15-6-7-16-36(35)41)51-49(50-42)40-18-10-20-45-48(40)39-24-22-32(29-47(39)53-45)31-21-23-38-37-17-8-9-19-44(37)52-46(38)28-31/h1-24,26-29H,25H2. The van der Waals surface area contributed by atoms with Crippen LogP contribution in [0.3, 0.4) is 0 Å². The number of furan rings is 2. The minimum absolute atomic E-state index is 0.647. The number of para-hydroxylation sites is 1. The van der Waals surface area contributed by atoms with E-state index in [-0.39, 0.29) is 0 Å². The maximum Gasteiger partial charge on any atom is 0.160 e. The number of amidine groups is 1. The molecular formula is C49H30N2O2. The topological polar surface area (TPSA) is 51.0 Å². The quantitative estimate of drug-likeness (QED) is 0.174. The summed E-state index contributed by atoms with van der Waals surface area (Å²) in [5.74, 6) is 0.664. The number of rotatable bonds is 4. The number of hydrogen-bond acceptors (Lipinski definition) is 4. The molecule has 0 fully saturated rings. The SMILES string of the molecule is C1=C(c2cc3ccccc3c3ccccc23)N=C(c2cccc3oc4cc(-c5ccc6c(c5)oc5ccccc56)ccc4c23)N=C(c2ccccc2)C1. The van der Waals surface area contributed by atoms with E-state index in [1.807, 2.05) is 36.4 Å². The summed E-state index contributed by atoms with van der Waals surface area (Å²) < 4.78 is 12.8. The van der Waals surface area contributed by atoms with Gasteiger partial charge in [0.15, 0.2) is 5.84 Å². The van der Waals surface area contributed by atoms with Gasteiger partial charge in [0.1, 0.15) is 22.3 Å². The van der Waals surface area contributed by atoms with E-state index in [0.717, 1.165) is 83.1 Å². The Balaban J connectivity index is 1.09. The molecule has 0 atom stereocenters. The van der Waals surface area contributed by atoms with E-state index in [2.05, 4.69) is 133 Å². The number of aliphatic imine (C=N–C) groups is 2. The molecule has 4 heteroatoms. The van der Waals surface area contributed by atoms with Gasteiger partial charge in [0.05, 0.1) is 11.4 Å². The lowest BCUT2D eigenvalue weighted by molar-refractivity contribution is 0.668. The molecule has 2 aromatic heterocycles. The Morgan fingerprint density at radius 1 is 0.396 bits per heavy atom. The Hall–Kier alpha value is -7.04. The van der Waals surface area contributed by atoms with Gasteiger partial charge in [-0.1, -0.05) is 127 Å². The lowest BCUT2D eigenvalue weighted by atomic mass is 9.95. The highest BCUT2D eigenvalue weighted by Crippen LogP contribution is 2.39. The van der Waals surface area contributed by atoms with Gasteiger partial charge in [0.25, 0.3) is 0 Å². The van der Waals surface area contributed by atoms with Crippen LogP contribution in [0.5, 0.6) is 0 Å². The first-order valence-corrected chi connectivity index (χ1v) is 18.0. The third-order valence-corrected chi connectivity index (χ3v) is 10.6. The van der Waals surface area contributed by atoms with Gasteiger partial charge in [-0.25, -0.2) is 9.98 Å². The fourth-order valence-corrected chi connectivity index (χ4v) is 8.02. The van der Waals surface area contributed by atoms with Crippen molar-refractivity contribution in [3.8, 4) is 11.1 Å². The highest BCUT2D eigenvalue weighted by molar-refractivity contribution is 6.24. The number of fused-ring (bicyclic) bond motifs is 9. The molecular weight excluding hydrogens is 649 g/mol. The second-order valence-electron chi connectivity index (χ2n) is 13.6. The van der Waals surface area contributed by atoms with Gasteiger partial charge >= 0.3 is 0 Å². The van der Waals surface area contributed by atoms with Crippen LogP contribution >= 0.6 is 0 Å². The van der Waals surface area contributed by atoms with Crippen LogP contribution in [0.4, 0.5) is 0 Å². The second-order valence-corrected chi connectivity index (χ2v) is 13.6. The van der Waals surface area contributed by atoms with Gasteiger partial charge < -0.3 is 8.83 Å². The van der Waals surface area contributed by atoms with E-state index < -0.39 is 0 Å². The smallest absolute Gasteiger partial charge is 0.160 e. The molecule has 0 unspecified atom stereocenters. The van der Waals surface area contributed by atoms with Crippen LogP contribution in [-0.2, 0) is 0 Å². The molecule has 0 saturated heterocycles. The predicted octanol–water partition coefficient (Wildman–Crippen LogP) is 13.1. The Morgan fingerprint density at radius 3 is 1.89 bits per heavy atom. The van der Waals surface area contributed by atoms with Crippen molar-refractivity contribution in [2.45, 2.75) is 6.42 Å². The van der Waals surface area contributed by atoms with E-state index in [1.54, 1.807) is 0 Å². The molecule has 1 aliphatic rings. The molecule has 8 aromatic carbocycles. The summed E-state index contributed by atoms with van der Waals surface area (Å²) in [7, 11) is 0. The van der Waals surface area contributed by atoms with Gasteiger partial charge in [-0.3, -0.25) is 0 Å². The zero-order valence-electron chi connectivity index (χ0n) is 28.6. The fraction of sp³-hybridized carbons (Fsp3) is 0.0204. The second kappa shape index (κ2) is 11.8. The van der Waals surface area contributed by atoms with E-state index >= 15 is 0 Å². The molecule has 0 bridgehead atoms. The van der Waals surface area contributed by atoms with E-state index in [0.29, 0.717) is 12.3 Å². The highest BCUT2D eigenvalue weighted by atomic mass is 16.3. The highest BCUT2D eigenvalue weighted by Gasteiger charge is 2.21. The molecule has 1 aliphatic heterocycles. The predicted molar refractivity (Wildman–Crippen MR) is 220 cm³/mol. The number of nitrogens with zero attached hydrogens (tertiary/aromatic N) is 2. The van der Waals surface area contributed by atoms with Crippen molar-refractivity contribution >= 4 is 82.7 Å². The summed E-state index contributed by atoms with van der Waals surface area (Å²) in [4.78, 5) is 10.8. The summed E-state index contributed by atoms with van der Waals surface area (Å²) in [5, 5.41) is 9.07. The summed E-state index contributed by atoms with van der Waals surface area (Å²) >= 11 is 0. The van der Waals surface area contributed by atoms with Crippen LogP contribution in [-0.4, -0.2) is 11.5 Å². The van der Waals surface area contributed by atoms with Crippen LogP contribution < -0.4 is 0 Å². The first-order valence-electron chi connectivity index (χ1n) is 18.0. The Morgan fingerprint density at radius 2 is 1.04 bits per heavy atom. The van der Waals surface area contributed by atoms with Crippen molar-refractivity contribution in [2.75, 3.05) is 0 Å². The first kappa shape index (κ1) is 29.7. The minimum Gasteiger partial charge on any atom is -0.456 e. The van der Waals surface area contributed by atoms with Crippen LogP contribution in [0, 0.1) is 0 Å². The Kier molecular flexibility index (Phi) is 6.58. The fourth-order valence-electron chi connectivity index (χ4n) is 8.02. The molecule has 0 radical (unpaired) electrons. The van der Waals surface area contributed by atoms with Crippen molar-refractivity contribution in [3.63, 3.8) is 0 Å². The first-order chi connectivity index (χ1) is 26.2. The molecule has 3 heterocycles. The van der Waals surface area contributed by atoms with Crippen LogP contribution in [0.15, 0.2) is 189 Å². The Bertz CT molecular complexity index is 3200. The summed E-state index contributed by atoms with van der Waals surface area (Å²) in [5.41, 5.74) is 10.5. The van der Waals surface area contributed by atoms with Crippen molar-refractivity contribution in [1.29, 1.82) is 0 Å². The van der Waals surface area contributed by atoms with E-state index in [9.17, 15) is 0 Å². The molecule has 0 spiro atoms. The van der Waals surface area contributed by atoms with Gasteiger partial charge in [0, 0.05) is 39.1 Å². The van der Waals surface area contributed by atoms with Crippen LogP contribution in [0.2, 0.25) is 0 Å². The lowest BCUT2D eigenvalue weighted by Gasteiger charge is -2.12. The normalized spacial score (nSPS) is 13.5. The third kappa shape index (κ3) is 4.84. The van der Waals surface area contributed by atoms with Gasteiger partial charge in [-0.2, -0.15) is 0 Å². The maximum absolute atomic E-state index is 6.60. The summed E-state index contributed by atoms with van der Waals surface area (Å²) in [6.07, 6.45) is 2.88. The minimum atomic E-state index is 0.647. The molecule has 0 N–H and O–H groups in total. The third-order valence-electron chi connectivity index (χ3n) is 10.6. The molecule has 248 valence electrons. The molecule has 53 heavy (non-hydrogen) atoms. The number of allylic oxidation sites excluding steroid dienone is 1. The average Bonchev–Trinajstić information content (AvgIpc) is 3.70. The van der Waals surface area contributed by atoms with Gasteiger partial charge in [0.2, 0.25) is 0 Å². The molecule has 0 aliphatic carbocycles. The number of hydrogen-bond donors (Lipinski definition) is 0.